The Balaban J connectivity index is 2.32. The molecule has 4 heteroatoms. The summed E-state index contributed by atoms with van der Waals surface area (Å²) in [4.78, 5) is 15.7. The average Bonchev–Trinajstić information content (AvgIpc) is 2.33. The summed E-state index contributed by atoms with van der Waals surface area (Å²) < 4.78 is 1.52. The standard InChI is InChI=1S/C13H11N3O/c1-10-5-13(17)16(9-15-10)8-12-4-2-3-11(6-12)7-14/h2-6,9H,8H2,1H3. The van der Waals surface area contributed by atoms with Crippen LogP contribution in [0.15, 0.2) is 41.5 Å². The first-order valence-electron chi connectivity index (χ1n) is 5.21. The number of rotatable bonds is 2. The minimum atomic E-state index is -0.0835. The number of aryl methyl sites for hydroxylation is 1. The molecule has 4 nitrogen and oxygen atoms in total. The number of nitriles is 1. The first-order valence-corrected chi connectivity index (χ1v) is 5.21. The molecule has 17 heavy (non-hydrogen) atoms. The van der Waals surface area contributed by atoms with Gasteiger partial charge in [-0.3, -0.25) is 9.36 Å². The van der Waals surface area contributed by atoms with E-state index in [-0.39, 0.29) is 5.56 Å². The van der Waals surface area contributed by atoms with Crippen LogP contribution in [0.2, 0.25) is 0 Å². The van der Waals surface area contributed by atoms with Gasteiger partial charge in [-0.05, 0) is 24.6 Å². The van der Waals surface area contributed by atoms with Crippen LogP contribution in [0, 0.1) is 18.3 Å². The lowest BCUT2D eigenvalue weighted by atomic mass is 10.1. The highest BCUT2D eigenvalue weighted by Crippen LogP contribution is 2.05. The maximum Gasteiger partial charge on any atom is 0.253 e. The maximum atomic E-state index is 11.7. The van der Waals surface area contributed by atoms with Crippen LogP contribution < -0.4 is 5.56 Å². The van der Waals surface area contributed by atoms with E-state index in [9.17, 15) is 4.79 Å². The van der Waals surface area contributed by atoms with E-state index in [2.05, 4.69) is 11.1 Å². The highest BCUT2D eigenvalue weighted by atomic mass is 16.1. The zero-order chi connectivity index (χ0) is 12.3. The van der Waals surface area contributed by atoms with Gasteiger partial charge in [-0.1, -0.05) is 12.1 Å². The number of benzene rings is 1. The summed E-state index contributed by atoms with van der Waals surface area (Å²) >= 11 is 0. The molecule has 0 radical (unpaired) electrons. The SMILES string of the molecule is Cc1cc(=O)n(Cc2cccc(C#N)c2)cn1. The fourth-order valence-electron chi connectivity index (χ4n) is 1.57. The highest BCUT2D eigenvalue weighted by molar-refractivity contribution is 5.32. The van der Waals surface area contributed by atoms with Crippen LogP contribution in [0.25, 0.3) is 0 Å². The molecule has 0 fully saturated rings. The van der Waals surface area contributed by atoms with Crippen molar-refractivity contribution in [2.24, 2.45) is 0 Å². The summed E-state index contributed by atoms with van der Waals surface area (Å²) in [6.45, 7) is 2.21. The Morgan fingerprint density at radius 3 is 2.94 bits per heavy atom. The van der Waals surface area contributed by atoms with Crippen LogP contribution in [-0.4, -0.2) is 9.55 Å². The molecule has 1 heterocycles. The Morgan fingerprint density at radius 1 is 1.41 bits per heavy atom. The molecule has 2 rings (SSSR count). The van der Waals surface area contributed by atoms with Crippen molar-refractivity contribution in [3.63, 3.8) is 0 Å². The van der Waals surface area contributed by atoms with Crippen LogP contribution in [0.3, 0.4) is 0 Å². The van der Waals surface area contributed by atoms with Gasteiger partial charge in [0.1, 0.15) is 0 Å². The molecular formula is C13H11N3O. The van der Waals surface area contributed by atoms with Crippen LogP contribution in [0.4, 0.5) is 0 Å². The highest BCUT2D eigenvalue weighted by Gasteiger charge is 2.00. The molecule has 0 bridgehead atoms. The topological polar surface area (TPSA) is 58.7 Å². The maximum absolute atomic E-state index is 11.7. The van der Waals surface area contributed by atoms with E-state index in [1.807, 2.05) is 6.07 Å². The minimum Gasteiger partial charge on any atom is -0.295 e. The third-order valence-electron chi connectivity index (χ3n) is 2.43. The van der Waals surface area contributed by atoms with E-state index >= 15 is 0 Å². The van der Waals surface area contributed by atoms with E-state index in [1.54, 1.807) is 25.1 Å². The molecular weight excluding hydrogens is 214 g/mol. The summed E-state index contributed by atoms with van der Waals surface area (Å²) in [7, 11) is 0. The molecule has 0 N–H and O–H groups in total. The molecule has 0 saturated heterocycles. The molecule has 0 atom stereocenters. The summed E-state index contributed by atoms with van der Waals surface area (Å²) in [5.74, 6) is 0. The molecule has 1 aromatic heterocycles. The van der Waals surface area contributed by atoms with Crippen LogP contribution in [0.1, 0.15) is 16.8 Å². The summed E-state index contributed by atoms with van der Waals surface area (Å²) in [6, 6.07) is 10.8. The van der Waals surface area contributed by atoms with Crippen molar-refractivity contribution in [2.75, 3.05) is 0 Å². The fourth-order valence-corrected chi connectivity index (χ4v) is 1.57. The monoisotopic (exact) mass is 225 g/mol. The second-order valence-corrected chi connectivity index (χ2v) is 3.81. The van der Waals surface area contributed by atoms with Crippen molar-refractivity contribution in [2.45, 2.75) is 13.5 Å². The van der Waals surface area contributed by atoms with E-state index < -0.39 is 0 Å². The van der Waals surface area contributed by atoms with Gasteiger partial charge in [0.2, 0.25) is 0 Å². The molecule has 84 valence electrons. The number of hydrogen-bond acceptors (Lipinski definition) is 3. The second-order valence-electron chi connectivity index (χ2n) is 3.81. The first kappa shape index (κ1) is 11.1. The van der Waals surface area contributed by atoms with Gasteiger partial charge >= 0.3 is 0 Å². The van der Waals surface area contributed by atoms with Gasteiger partial charge in [0, 0.05) is 11.8 Å². The van der Waals surface area contributed by atoms with Crippen molar-refractivity contribution in [3.05, 3.63) is 63.8 Å². The number of aromatic nitrogens is 2. The van der Waals surface area contributed by atoms with Gasteiger partial charge < -0.3 is 0 Å². The fraction of sp³-hybridized carbons (Fsp3) is 0.154. The Morgan fingerprint density at radius 2 is 2.24 bits per heavy atom. The second kappa shape index (κ2) is 4.62. The largest absolute Gasteiger partial charge is 0.295 e. The van der Waals surface area contributed by atoms with Crippen molar-refractivity contribution >= 4 is 0 Å². The predicted octanol–water partition coefficient (Wildman–Crippen LogP) is 1.47. The quantitative estimate of drug-likeness (QED) is 0.777. The van der Waals surface area contributed by atoms with Gasteiger partial charge in [0.25, 0.3) is 5.56 Å². The van der Waals surface area contributed by atoms with Gasteiger partial charge in [0.05, 0.1) is 24.5 Å². The van der Waals surface area contributed by atoms with E-state index in [4.69, 9.17) is 5.26 Å². The molecule has 1 aromatic carbocycles. The Kier molecular flexibility index (Phi) is 3.01. The molecule has 0 saturated carbocycles. The molecule has 0 aliphatic heterocycles. The average molecular weight is 225 g/mol. The smallest absolute Gasteiger partial charge is 0.253 e. The molecule has 2 aromatic rings. The molecule has 0 amide bonds. The van der Waals surface area contributed by atoms with Crippen molar-refractivity contribution in [3.8, 4) is 6.07 Å². The molecule has 0 spiro atoms. The van der Waals surface area contributed by atoms with E-state index in [0.717, 1.165) is 5.56 Å². The van der Waals surface area contributed by atoms with Crippen molar-refractivity contribution < 1.29 is 0 Å². The Hall–Kier alpha value is -2.41. The van der Waals surface area contributed by atoms with Crippen LogP contribution in [0.5, 0.6) is 0 Å². The Labute approximate surface area is 98.8 Å². The van der Waals surface area contributed by atoms with Crippen LogP contribution >= 0.6 is 0 Å². The third kappa shape index (κ3) is 2.58. The molecule has 0 aliphatic carbocycles. The van der Waals surface area contributed by atoms with Gasteiger partial charge in [-0.2, -0.15) is 5.26 Å². The lowest BCUT2D eigenvalue weighted by molar-refractivity contribution is 0.730. The third-order valence-corrected chi connectivity index (χ3v) is 2.43. The van der Waals surface area contributed by atoms with Gasteiger partial charge in [-0.15, -0.1) is 0 Å². The van der Waals surface area contributed by atoms with Gasteiger partial charge in [0.15, 0.2) is 0 Å². The molecule has 0 aliphatic rings. The normalized spacial score (nSPS) is 9.88. The lowest BCUT2D eigenvalue weighted by Crippen LogP contribution is -2.20. The summed E-state index contributed by atoms with van der Waals surface area (Å²) in [5.41, 5.74) is 2.13. The minimum absolute atomic E-state index is 0.0835. The summed E-state index contributed by atoms with van der Waals surface area (Å²) in [6.07, 6.45) is 1.52. The van der Waals surface area contributed by atoms with E-state index in [1.165, 1.54) is 17.0 Å². The number of nitrogens with zero attached hydrogens (tertiary/aromatic N) is 3. The zero-order valence-corrected chi connectivity index (χ0v) is 9.42. The summed E-state index contributed by atoms with van der Waals surface area (Å²) in [5, 5.41) is 8.79. The zero-order valence-electron chi connectivity index (χ0n) is 9.42. The lowest BCUT2D eigenvalue weighted by Gasteiger charge is -2.05. The van der Waals surface area contributed by atoms with Crippen LogP contribution in [-0.2, 0) is 6.54 Å². The van der Waals surface area contributed by atoms with Crippen molar-refractivity contribution in [1.82, 2.24) is 9.55 Å². The molecule has 0 unspecified atom stereocenters. The number of hydrogen-bond donors (Lipinski definition) is 0. The Bertz CT molecular complexity index is 638. The van der Waals surface area contributed by atoms with Gasteiger partial charge in [-0.25, -0.2) is 4.98 Å². The first-order chi connectivity index (χ1) is 8.19. The predicted molar refractivity (Wildman–Crippen MR) is 63.5 cm³/mol. The van der Waals surface area contributed by atoms with E-state index in [0.29, 0.717) is 17.8 Å². The van der Waals surface area contributed by atoms with Crippen molar-refractivity contribution in [1.29, 1.82) is 5.26 Å².